The number of hydrogen-bond donors (Lipinski definition) is 0. The van der Waals surface area contributed by atoms with Crippen LogP contribution < -0.4 is 9.80 Å². The van der Waals surface area contributed by atoms with Gasteiger partial charge >= 0.3 is 0 Å². The summed E-state index contributed by atoms with van der Waals surface area (Å²) in [4.78, 5) is 16.9. The van der Waals surface area contributed by atoms with E-state index in [1.165, 1.54) is 52.9 Å². The van der Waals surface area contributed by atoms with E-state index in [1.807, 2.05) is 0 Å². The Morgan fingerprint density at radius 3 is 2.12 bits per heavy atom. The van der Waals surface area contributed by atoms with Crippen LogP contribution in [0.25, 0.3) is 0 Å². The first-order chi connectivity index (χ1) is 16.6. The van der Waals surface area contributed by atoms with Crippen LogP contribution in [0.1, 0.15) is 47.2 Å². The van der Waals surface area contributed by atoms with Gasteiger partial charge < -0.3 is 14.7 Å². The maximum absolute atomic E-state index is 4.96. The summed E-state index contributed by atoms with van der Waals surface area (Å²) in [7, 11) is 2.18. The van der Waals surface area contributed by atoms with Crippen molar-refractivity contribution in [3.05, 3.63) is 82.7 Å². The Hall–Kier alpha value is -2.92. The highest BCUT2D eigenvalue weighted by molar-refractivity contribution is 5.53. The average molecular weight is 454 g/mol. The molecule has 0 unspecified atom stereocenters. The van der Waals surface area contributed by atoms with Gasteiger partial charge in [0, 0.05) is 68.6 Å². The molecule has 0 atom stereocenters. The third-order valence-corrected chi connectivity index (χ3v) is 8.30. The molecule has 6 rings (SSSR count). The SMILES string of the molecule is Cc1ccc(C2(c3ccc(N4CCc5nc(N6CCN(C)CC6)ncc5C4)cc3)CCC2)cc1. The summed E-state index contributed by atoms with van der Waals surface area (Å²) in [5.41, 5.74) is 8.26. The summed E-state index contributed by atoms with van der Waals surface area (Å²) in [6.45, 7) is 8.25. The lowest BCUT2D eigenvalue weighted by molar-refractivity contribution is 0.301. The predicted molar refractivity (Wildman–Crippen MR) is 139 cm³/mol. The lowest BCUT2D eigenvalue weighted by atomic mass is 9.60. The third kappa shape index (κ3) is 3.86. The zero-order valence-electron chi connectivity index (χ0n) is 20.5. The van der Waals surface area contributed by atoms with E-state index < -0.39 is 0 Å². The summed E-state index contributed by atoms with van der Waals surface area (Å²) < 4.78 is 0. The van der Waals surface area contributed by atoms with Gasteiger partial charge in [0.1, 0.15) is 0 Å². The molecule has 1 saturated carbocycles. The molecule has 5 nitrogen and oxygen atoms in total. The molecule has 3 aromatic rings. The molecule has 176 valence electrons. The van der Waals surface area contributed by atoms with E-state index in [0.717, 1.165) is 51.6 Å². The molecule has 5 heteroatoms. The Morgan fingerprint density at radius 2 is 1.47 bits per heavy atom. The van der Waals surface area contributed by atoms with Crippen molar-refractivity contribution < 1.29 is 0 Å². The molecule has 0 N–H and O–H groups in total. The number of likely N-dealkylation sites (N-methyl/N-ethyl adjacent to an activating group) is 1. The third-order valence-electron chi connectivity index (χ3n) is 8.30. The molecule has 0 radical (unpaired) electrons. The Balaban J connectivity index is 1.18. The van der Waals surface area contributed by atoms with Crippen molar-refractivity contribution in [1.29, 1.82) is 0 Å². The Labute approximate surface area is 203 Å². The molecule has 1 aromatic heterocycles. The second-order valence-electron chi connectivity index (χ2n) is 10.5. The molecule has 0 bridgehead atoms. The minimum atomic E-state index is 0.203. The van der Waals surface area contributed by atoms with Gasteiger partial charge in [0.2, 0.25) is 5.95 Å². The molecule has 3 heterocycles. The van der Waals surface area contributed by atoms with Crippen LogP contribution in [-0.4, -0.2) is 54.6 Å². The zero-order chi connectivity index (χ0) is 23.1. The Morgan fingerprint density at radius 1 is 0.794 bits per heavy atom. The standard InChI is InChI=1S/C29H35N5/c1-22-4-6-24(7-5-22)29(13-3-14-29)25-8-10-26(11-9-25)34-15-12-27-23(21-34)20-30-28(31-27)33-18-16-32(2)17-19-33/h4-11,20H,3,12-19,21H2,1-2H3. The van der Waals surface area contributed by atoms with Crippen LogP contribution in [0.2, 0.25) is 0 Å². The van der Waals surface area contributed by atoms with Crippen molar-refractivity contribution in [2.24, 2.45) is 0 Å². The molecule has 2 fully saturated rings. The van der Waals surface area contributed by atoms with Gasteiger partial charge in [-0.1, -0.05) is 48.4 Å². The second-order valence-corrected chi connectivity index (χ2v) is 10.5. The predicted octanol–water partition coefficient (Wildman–Crippen LogP) is 4.57. The fraction of sp³-hybridized carbons (Fsp3) is 0.448. The number of aromatic nitrogens is 2. The van der Waals surface area contributed by atoms with Gasteiger partial charge in [0.05, 0.1) is 5.69 Å². The normalized spacial score (nSPS) is 20.1. The van der Waals surface area contributed by atoms with E-state index >= 15 is 0 Å². The fourth-order valence-electron chi connectivity index (χ4n) is 5.82. The summed E-state index contributed by atoms with van der Waals surface area (Å²) in [5, 5.41) is 0. The minimum Gasteiger partial charge on any atom is -0.367 e. The topological polar surface area (TPSA) is 35.5 Å². The summed E-state index contributed by atoms with van der Waals surface area (Å²) in [6, 6.07) is 18.6. The molecule has 0 spiro atoms. The highest BCUT2D eigenvalue weighted by Gasteiger charge is 2.40. The summed E-state index contributed by atoms with van der Waals surface area (Å²) in [6.07, 6.45) is 6.86. The van der Waals surface area contributed by atoms with Crippen LogP contribution in [-0.2, 0) is 18.4 Å². The minimum absolute atomic E-state index is 0.203. The first-order valence-corrected chi connectivity index (χ1v) is 12.8. The van der Waals surface area contributed by atoms with E-state index in [1.54, 1.807) is 0 Å². The number of piperazine rings is 1. The number of aryl methyl sites for hydroxylation is 1. The van der Waals surface area contributed by atoms with Gasteiger partial charge in [-0.05, 0) is 50.1 Å². The van der Waals surface area contributed by atoms with Gasteiger partial charge in [-0.25, -0.2) is 9.97 Å². The molecular weight excluding hydrogens is 418 g/mol. The van der Waals surface area contributed by atoms with Crippen molar-refractivity contribution in [3.8, 4) is 0 Å². The fourth-order valence-corrected chi connectivity index (χ4v) is 5.82. The van der Waals surface area contributed by atoms with Crippen LogP contribution in [0.5, 0.6) is 0 Å². The first kappa shape index (κ1) is 21.6. The maximum atomic E-state index is 4.96. The quantitative estimate of drug-likeness (QED) is 0.578. The van der Waals surface area contributed by atoms with Crippen LogP contribution in [0.3, 0.4) is 0 Å². The number of nitrogens with zero attached hydrogens (tertiary/aromatic N) is 5. The number of benzene rings is 2. The van der Waals surface area contributed by atoms with Gasteiger partial charge in [-0.2, -0.15) is 0 Å². The van der Waals surface area contributed by atoms with Crippen molar-refractivity contribution in [1.82, 2.24) is 14.9 Å². The molecule has 2 aliphatic heterocycles. The molecule has 34 heavy (non-hydrogen) atoms. The van der Waals surface area contributed by atoms with Crippen LogP contribution in [0.15, 0.2) is 54.7 Å². The second kappa shape index (κ2) is 8.70. The smallest absolute Gasteiger partial charge is 0.225 e. The van der Waals surface area contributed by atoms with Gasteiger partial charge in [-0.3, -0.25) is 0 Å². The van der Waals surface area contributed by atoms with Crippen molar-refractivity contribution >= 4 is 11.6 Å². The lowest BCUT2D eigenvalue weighted by Gasteiger charge is -2.43. The largest absolute Gasteiger partial charge is 0.367 e. The van der Waals surface area contributed by atoms with Gasteiger partial charge in [0.15, 0.2) is 0 Å². The highest BCUT2D eigenvalue weighted by atomic mass is 15.3. The number of hydrogen-bond acceptors (Lipinski definition) is 5. The maximum Gasteiger partial charge on any atom is 0.225 e. The van der Waals surface area contributed by atoms with E-state index in [4.69, 9.17) is 9.97 Å². The van der Waals surface area contributed by atoms with Crippen LogP contribution in [0.4, 0.5) is 11.6 Å². The highest BCUT2D eigenvalue weighted by Crippen LogP contribution is 2.49. The molecular formula is C29H35N5. The van der Waals surface area contributed by atoms with E-state index in [9.17, 15) is 0 Å². The van der Waals surface area contributed by atoms with Gasteiger partial charge in [-0.15, -0.1) is 0 Å². The molecule has 1 aliphatic carbocycles. The summed E-state index contributed by atoms with van der Waals surface area (Å²) >= 11 is 0. The van der Waals surface area contributed by atoms with E-state index in [-0.39, 0.29) is 5.41 Å². The molecule has 3 aliphatic rings. The molecule has 2 aromatic carbocycles. The Kier molecular flexibility index (Phi) is 5.53. The monoisotopic (exact) mass is 453 g/mol. The van der Waals surface area contributed by atoms with Crippen LogP contribution in [0, 0.1) is 6.92 Å². The zero-order valence-corrected chi connectivity index (χ0v) is 20.5. The average Bonchev–Trinajstić information content (AvgIpc) is 2.85. The molecule has 1 saturated heterocycles. The van der Waals surface area contributed by atoms with E-state index in [2.05, 4.69) is 83.4 Å². The van der Waals surface area contributed by atoms with Crippen molar-refractivity contribution in [2.45, 2.75) is 44.6 Å². The van der Waals surface area contributed by atoms with Crippen molar-refractivity contribution in [3.63, 3.8) is 0 Å². The number of anilines is 2. The number of fused-ring (bicyclic) bond motifs is 1. The first-order valence-electron chi connectivity index (χ1n) is 12.8. The lowest BCUT2D eigenvalue weighted by Crippen LogP contribution is -2.45. The van der Waals surface area contributed by atoms with E-state index in [0.29, 0.717) is 0 Å². The Bertz CT molecular complexity index is 1140. The molecule has 0 amide bonds. The summed E-state index contributed by atoms with van der Waals surface area (Å²) in [5.74, 6) is 0.909. The van der Waals surface area contributed by atoms with Crippen LogP contribution >= 0.6 is 0 Å². The van der Waals surface area contributed by atoms with Crippen molar-refractivity contribution in [2.75, 3.05) is 49.6 Å². The van der Waals surface area contributed by atoms with Gasteiger partial charge in [0.25, 0.3) is 0 Å². The number of rotatable bonds is 4.